The molecule has 0 saturated carbocycles. The van der Waals surface area contributed by atoms with E-state index in [4.69, 9.17) is 42.8 Å². The summed E-state index contributed by atoms with van der Waals surface area (Å²) in [5, 5.41) is 12.8. The number of halogens is 3. The van der Waals surface area contributed by atoms with Crippen LogP contribution in [0, 0.1) is 0 Å². The number of carbonyl (C=O) groups is 1. The Kier molecular flexibility index (Phi) is 8.90. The van der Waals surface area contributed by atoms with Crippen molar-refractivity contribution < 1.29 is 19.4 Å². The summed E-state index contributed by atoms with van der Waals surface area (Å²) in [6, 6.07) is 20.4. The Labute approximate surface area is 228 Å². The van der Waals surface area contributed by atoms with Crippen LogP contribution in [0.4, 0.5) is 0 Å². The van der Waals surface area contributed by atoms with Gasteiger partial charge in [-0.2, -0.15) is 0 Å². The molecule has 3 aromatic carbocycles. The summed E-state index contributed by atoms with van der Waals surface area (Å²) in [4.78, 5) is 18.3. The molecule has 188 valence electrons. The molecule has 2 N–H and O–H groups in total. The van der Waals surface area contributed by atoms with Gasteiger partial charge >= 0.3 is 0 Å². The molecule has 0 bridgehead atoms. The summed E-state index contributed by atoms with van der Waals surface area (Å²) in [6.07, 6.45) is 0.937. The quantitative estimate of drug-likeness (QED) is 0.301. The largest absolute Gasteiger partial charge is 0.494 e. The zero-order chi connectivity index (χ0) is 25.5. The molecular weight excluding hydrogens is 567 g/mol. The van der Waals surface area contributed by atoms with Crippen LogP contribution in [0.5, 0.6) is 5.75 Å². The third-order valence-corrected chi connectivity index (χ3v) is 6.97. The van der Waals surface area contributed by atoms with Crippen LogP contribution in [0.2, 0.25) is 10.0 Å². The number of nitrogens with zero attached hydrogens (tertiary/aromatic N) is 1. The molecule has 0 aliphatic carbocycles. The third kappa shape index (κ3) is 6.59. The number of carbonyl (C=O) groups excluding carboxylic acids is 1. The molecule has 0 fully saturated rings. The van der Waals surface area contributed by atoms with Gasteiger partial charge in [0.15, 0.2) is 5.54 Å². The molecule has 0 unspecified atom stereocenters. The lowest BCUT2D eigenvalue weighted by molar-refractivity contribution is -0.126. The molecule has 9 heteroatoms. The average molecular weight is 592 g/mol. The molecule has 4 rings (SSSR count). The number of aliphatic hydroxyl groups excluding tert-OH is 1. The highest BCUT2D eigenvalue weighted by Crippen LogP contribution is 2.29. The minimum atomic E-state index is -1.13. The van der Waals surface area contributed by atoms with Crippen molar-refractivity contribution in [2.45, 2.75) is 24.9 Å². The van der Waals surface area contributed by atoms with Crippen LogP contribution in [-0.4, -0.2) is 42.3 Å². The van der Waals surface area contributed by atoms with Crippen LogP contribution < -0.4 is 10.1 Å². The predicted octanol–water partition coefficient (Wildman–Crippen LogP) is 5.59. The molecule has 1 heterocycles. The molecule has 1 atom stereocenters. The van der Waals surface area contributed by atoms with E-state index in [2.05, 4.69) is 21.2 Å². The summed E-state index contributed by atoms with van der Waals surface area (Å²) in [5.41, 5.74) is 1.41. The molecule has 1 aliphatic heterocycles. The Balaban J connectivity index is 1.55. The zero-order valence-corrected chi connectivity index (χ0v) is 22.4. The normalized spacial score (nSPS) is 16.8. The van der Waals surface area contributed by atoms with Gasteiger partial charge in [0.25, 0.3) is 5.91 Å². The Hall–Kier alpha value is -2.58. The minimum absolute atomic E-state index is 0.0797. The summed E-state index contributed by atoms with van der Waals surface area (Å²) in [6.45, 7) is 0.905. The van der Waals surface area contributed by atoms with E-state index in [1.165, 1.54) is 0 Å². The van der Waals surface area contributed by atoms with Crippen molar-refractivity contribution in [1.29, 1.82) is 0 Å². The fourth-order valence-electron chi connectivity index (χ4n) is 3.77. The monoisotopic (exact) mass is 590 g/mol. The van der Waals surface area contributed by atoms with E-state index in [0.717, 1.165) is 21.2 Å². The Morgan fingerprint density at radius 1 is 1.06 bits per heavy atom. The van der Waals surface area contributed by atoms with Gasteiger partial charge in [0, 0.05) is 36.0 Å². The highest BCUT2D eigenvalue weighted by atomic mass is 79.9. The summed E-state index contributed by atoms with van der Waals surface area (Å²) in [5.74, 6) is 0.848. The maximum absolute atomic E-state index is 13.5. The molecule has 36 heavy (non-hydrogen) atoms. The number of hydrogen-bond acceptors (Lipinski definition) is 5. The second kappa shape index (κ2) is 12.1. The van der Waals surface area contributed by atoms with Gasteiger partial charge in [-0.3, -0.25) is 4.79 Å². The molecule has 0 saturated heterocycles. The van der Waals surface area contributed by atoms with Crippen molar-refractivity contribution in [1.82, 2.24) is 5.32 Å². The molecule has 0 radical (unpaired) electrons. The van der Waals surface area contributed by atoms with E-state index in [1.807, 2.05) is 54.6 Å². The smallest absolute Gasteiger partial charge is 0.252 e. The summed E-state index contributed by atoms with van der Waals surface area (Å²) < 4.78 is 12.5. The van der Waals surface area contributed by atoms with Gasteiger partial charge in [-0.15, -0.1) is 0 Å². The van der Waals surface area contributed by atoms with Gasteiger partial charge in [0.1, 0.15) is 12.4 Å². The highest BCUT2D eigenvalue weighted by Gasteiger charge is 2.44. The summed E-state index contributed by atoms with van der Waals surface area (Å²) >= 11 is 15.6. The number of aliphatic hydroxyl groups is 1. The molecule has 1 amide bonds. The highest BCUT2D eigenvalue weighted by molar-refractivity contribution is 9.10. The zero-order valence-electron chi connectivity index (χ0n) is 19.3. The van der Waals surface area contributed by atoms with Crippen molar-refractivity contribution in [2.75, 3.05) is 19.8 Å². The fraction of sp³-hybridized carbons (Fsp3) is 0.259. The van der Waals surface area contributed by atoms with E-state index in [-0.39, 0.29) is 25.7 Å². The Bertz CT molecular complexity index is 1240. The van der Waals surface area contributed by atoms with Gasteiger partial charge in [-0.1, -0.05) is 57.3 Å². The lowest BCUT2D eigenvalue weighted by Crippen LogP contribution is -2.48. The van der Waals surface area contributed by atoms with Crippen molar-refractivity contribution in [3.05, 3.63) is 97.9 Å². The fourth-order valence-corrected chi connectivity index (χ4v) is 4.35. The lowest BCUT2D eigenvalue weighted by atomic mass is 9.91. The number of benzene rings is 3. The molecule has 1 aliphatic rings. The van der Waals surface area contributed by atoms with E-state index in [9.17, 15) is 4.79 Å². The molecule has 6 nitrogen and oxygen atoms in total. The van der Waals surface area contributed by atoms with Gasteiger partial charge in [-0.05, 0) is 59.7 Å². The second-order valence-corrected chi connectivity index (χ2v) is 10.2. The van der Waals surface area contributed by atoms with Crippen molar-refractivity contribution >= 4 is 50.9 Å². The average Bonchev–Trinajstić information content (AvgIpc) is 3.32. The number of amides is 1. The Morgan fingerprint density at radius 3 is 2.47 bits per heavy atom. The first kappa shape index (κ1) is 26.5. The van der Waals surface area contributed by atoms with E-state index in [0.29, 0.717) is 41.1 Å². The van der Waals surface area contributed by atoms with Crippen LogP contribution in [-0.2, 0) is 22.5 Å². The first-order valence-electron chi connectivity index (χ1n) is 11.4. The van der Waals surface area contributed by atoms with E-state index < -0.39 is 5.54 Å². The lowest BCUT2D eigenvalue weighted by Gasteiger charge is -2.23. The number of nitrogens with one attached hydrogen (secondary N) is 1. The number of aliphatic imine (C=N–C) groups is 1. The maximum atomic E-state index is 13.5. The molecule has 3 aromatic rings. The first-order chi connectivity index (χ1) is 17.4. The predicted molar refractivity (Wildman–Crippen MR) is 145 cm³/mol. The standard InChI is InChI=1S/C27H25BrCl2N2O4/c28-21-7-2-18(3-8-21)15-27(26(34)31-16-19-4-11-23(29)24(30)14-19)17-36-25(32-27)20-5-9-22(10-6-20)35-13-1-12-33/h2-11,14,33H,1,12-13,15-17H2,(H,31,34)/t27-/m1/s1. The number of hydrogen-bond donors (Lipinski definition) is 2. The van der Waals surface area contributed by atoms with E-state index >= 15 is 0 Å². The van der Waals surface area contributed by atoms with Crippen LogP contribution in [0.25, 0.3) is 0 Å². The third-order valence-electron chi connectivity index (χ3n) is 5.71. The topological polar surface area (TPSA) is 80.2 Å². The van der Waals surface area contributed by atoms with Crippen LogP contribution in [0.1, 0.15) is 23.1 Å². The first-order valence-corrected chi connectivity index (χ1v) is 13.0. The van der Waals surface area contributed by atoms with Gasteiger partial charge < -0.3 is 19.9 Å². The SMILES string of the molecule is O=C(NCc1ccc(Cl)c(Cl)c1)[C@@]1(Cc2ccc(Br)cc2)COC(c2ccc(OCCCO)cc2)=N1. The second-order valence-electron chi connectivity index (χ2n) is 8.42. The Morgan fingerprint density at radius 2 is 1.78 bits per heavy atom. The number of rotatable bonds is 10. The van der Waals surface area contributed by atoms with E-state index in [1.54, 1.807) is 12.1 Å². The molecule has 0 aromatic heterocycles. The molecule has 0 spiro atoms. The number of ether oxygens (including phenoxy) is 2. The van der Waals surface area contributed by atoms with Crippen LogP contribution in [0.3, 0.4) is 0 Å². The van der Waals surface area contributed by atoms with Crippen molar-refractivity contribution in [3.63, 3.8) is 0 Å². The summed E-state index contributed by atoms with van der Waals surface area (Å²) in [7, 11) is 0. The van der Waals surface area contributed by atoms with Gasteiger partial charge in [0.2, 0.25) is 5.90 Å². The van der Waals surface area contributed by atoms with Gasteiger partial charge in [0.05, 0.1) is 16.7 Å². The molecular formula is C27H25BrCl2N2O4. The van der Waals surface area contributed by atoms with Gasteiger partial charge in [-0.25, -0.2) is 4.99 Å². The van der Waals surface area contributed by atoms with Crippen molar-refractivity contribution in [3.8, 4) is 5.75 Å². The minimum Gasteiger partial charge on any atom is -0.494 e. The van der Waals surface area contributed by atoms with Crippen LogP contribution >= 0.6 is 39.1 Å². The van der Waals surface area contributed by atoms with Crippen molar-refractivity contribution in [2.24, 2.45) is 4.99 Å². The maximum Gasteiger partial charge on any atom is 0.252 e. The van der Waals surface area contributed by atoms with Crippen LogP contribution in [0.15, 0.2) is 76.2 Å².